The van der Waals surface area contributed by atoms with Crippen LogP contribution in [0.15, 0.2) is 16.6 Å². The first-order chi connectivity index (χ1) is 7.43. The first-order valence-corrected chi connectivity index (χ1v) is 5.37. The van der Waals surface area contributed by atoms with Gasteiger partial charge in [0.2, 0.25) is 0 Å². The normalized spacial score (nSPS) is 12.4. The minimum atomic E-state index is -0.984. The third-order valence-corrected chi connectivity index (χ3v) is 2.85. The van der Waals surface area contributed by atoms with Crippen LogP contribution in [0.5, 0.6) is 5.75 Å². The van der Waals surface area contributed by atoms with E-state index in [9.17, 15) is 14.3 Å². The van der Waals surface area contributed by atoms with Crippen molar-refractivity contribution in [2.75, 3.05) is 0 Å². The van der Waals surface area contributed by atoms with Crippen molar-refractivity contribution < 1.29 is 19.4 Å². The number of aliphatic carboxylic acids is 1. The quantitative estimate of drug-likeness (QED) is 0.794. The summed E-state index contributed by atoms with van der Waals surface area (Å²) in [5.74, 6) is -2.29. The Morgan fingerprint density at radius 1 is 1.56 bits per heavy atom. The molecule has 0 saturated carbocycles. The van der Waals surface area contributed by atoms with Crippen LogP contribution in [0.4, 0.5) is 4.39 Å². The Hall–Kier alpha value is -1.14. The van der Waals surface area contributed by atoms with Crippen molar-refractivity contribution in [3.63, 3.8) is 0 Å². The maximum atomic E-state index is 13.1. The lowest BCUT2D eigenvalue weighted by Gasteiger charge is -2.14. The molecule has 0 bridgehead atoms. The summed E-state index contributed by atoms with van der Waals surface area (Å²) < 4.78 is 13.5. The molecule has 0 radical (unpaired) electrons. The minimum absolute atomic E-state index is 0.130. The van der Waals surface area contributed by atoms with Gasteiger partial charge in [-0.05, 0) is 18.6 Å². The highest BCUT2D eigenvalue weighted by Crippen LogP contribution is 2.34. The molecule has 1 aromatic carbocycles. The number of phenolic OH excluding ortho intramolecular Hbond substituents is 1. The molecule has 0 spiro atoms. The number of benzene rings is 1. The van der Waals surface area contributed by atoms with E-state index >= 15 is 0 Å². The van der Waals surface area contributed by atoms with Gasteiger partial charge >= 0.3 is 5.97 Å². The van der Waals surface area contributed by atoms with Crippen molar-refractivity contribution in [1.29, 1.82) is 0 Å². The third kappa shape index (κ3) is 2.93. The van der Waals surface area contributed by atoms with E-state index in [2.05, 4.69) is 15.9 Å². The van der Waals surface area contributed by atoms with Crippen molar-refractivity contribution in [2.45, 2.75) is 18.9 Å². The summed E-state index contributed by atoms with van der Waals surface area (Å²) in [5, 5.41) is 18.0. The van der Waals surface area contributed by atoms with Crippen LogP contribution in [-0.2, 0) is 4.79 Å². The van der Waals surface area contributed by atoms with Crippen molar-refractivity contribution in [2.24, 2.45) is 5.73 Å². The molecule has 1 unspecified atom stereocenters. The highest BCUT2D eigenvalue weighted by Gasteiger charge is 2.18. The van der Waals surface area contributed by atoms with Gasteiger partial charge in [-0.1, -0.05) is 15.9 Å². The number of carboxylic acids is 1. The highest BCUT2D eigenvalue weighted by atomic mass is 79.9. The van der Waals surface area contributed by atoms with Crippen LogP contribution in [0, 0.1) is 5.82 Å². The summed E-state index contributed by atoms with van der Waals surface area (Å²) in [5.41, 5.74) is 5.89. The number of nitrogens with two attached hydrogens (primary N) is 1. The minimum Gasteiger partial charge on any atom is -0.505 e. The predicted molar refractivity (Wildman–Crippen MR) is 59.6 cm³/mol. The molecule has 0 aliphatic rings. The molecule has 1 rings (SSSR count). The average molecular weight is 292 g/mol. The third-order valence-electron chi connectivity index (χ3n) is 2.15. The monoisotopic (exact) mass is 291 g/mol. The smallest absolute Gasteiger partial charge is 0.303 e. The van der Waals surface area contributed by atoms with E-state index in [1.165, 1.54) is 6.07 Å². The van der Waals surface area contributed by atoms with E-state index in [4.69, 9.17) is 10.8 Å². The SMILES string of the molecule is NC(CCC(=O)O)c1c(Br)ccc(F)c1O. The maximum Gasteiger partial charge on any atom is 0.303 e. The Morgan fingerprint density at radius 2 is 2.19 bits per heavy atom. The molecule has 1 aromatic rings. The first kappa shape index (κ1) is 12.9. The molecule has 88 valence electrons. The number of hydrogen-bond donors (Lipinski definition) is 3. The van der Waals surface area contributed by atoms with Crippen LogP contribution in [-0.4, -0.2) is 16.2 Å². The van der Waals surface area contributed by atoms with Gasteiger partial charge in [0, 0.05) is 22.5 Å². The van der Waals surface area contributed by atoms with Gasteiger partial charge in [0.25, 0.3) is 0 Å². The molecule has 1 atom stereocenters. The summed E-state index contributed by atoms with van der Waals surface area (Å²) in [6.07, 6.45) is -0.00545. The molecular formula is C10H11BrFNO3. The van der Waals surface area contributed by atoms with Crippen LogP contribution in [0.25, 0.3) is 0 Å². The molecule has 0 heterocycles. The fraction of sp³-hybridized carbons (Fsp3) is 0.300. The van der Waals surface area contributed by atoms with Gasteiger partial charge in [-0.3, -0.25) is 4.79 Å². The molecule has 0 saturated heterocycles. The summed E-state index contributed by atoms with van der Waals surface area (Å²) >= 11 is 3.13. The molecule has 0 fully saturated rings. The molecule has 4 N–H and O–H groups in total. The van der Waals surface area contributed by atoms with Gasteiger partial charge in [0.05, 0.1) is 0 Å². The second-order valence-corrected chi connectivity index (χ2v) is 4.18. The van der Waals surface area contributed by atoms with E-state index in [1.807, 2.05) is 0 Å². The van der Waals surface area contributed by atoms with Crippen molar-refractivity contribution in [3.05, 3.63) is 28.0 Å². The second-order valence-electron chi connectivity index (χ2n) is 3.33. The predicted octanol–water partition coefficient (Wildman–Crippen LogP) is 2.16. The fourth-order valence-electron chi connectivity index (χ4n) is 1.33. The summed E-state index contributed by atoms with van der Waals surface area (Å²) in [7, 11) is 0. The van der Waals surface area contributed by atoms with E-state index in [-0.39, 0.29) is 18.4 Å². The van der Waals surface area contributed by atoms with Crippen LogP contribution in [0.1, 0.15) is 24.4 Å². The van der Waals surface area contributed by atoms with Gasteiger partial charge < -0.3 is 15.9 Å². The van der Waals surface area contributed by atoms with Crippen LogP contribution in [0.3, 0.4) is 0 Å². The number of phenols is 1. The van der Waals surface area contributed by atoms with Gasteiger partial charge in [0.1, 0.15) is 0 Å². The zero-order valence-electron chi connectivity index (χ0n) is 8.28. The molecule has 0 amide bonds. The summed E-state index contributed by atoms with van der Waals surface area (Å²) in [4.78, 5) is 10.4. The Balaban J connectivity index is 2.94. The van der Waals surface area contributed by atoms with E-state index in [0.717, 1.165) is 6.07 Å². The van der Waals surface area contributed by atoms with E-state index in [0.29, 0.717) is 4.47 Å². The number of carbonyl (C=O) groups is 1. The number of rotatable bonds is 4. The zero-order chi connectivity index (χ0) is 12.3. The van der Waals surface area contributed by atoms with Crippen molar-refractivity contribution in [1.82, 2.24) is 0 Å². The van der Waals surface area contributed by atoms with Crippen LogP contribution >= 0.6 is 15.9 Å². The molecule has 4 nitrogen and oxygen atoms in total. The Morgan fingerprint density at radius 3 is 2.75 bits per heavy atom. The van der Waals surface area contributed by atoms with Crippen LogP contribution < -0.4 is 5.73 Å². The maximum absolute atomic E-state index is 13.1. The van der Waals surface area contributed by atoms with Crippen molar-refractivity contribution in [3.8, 4) is 5.75 Å². The molecular weight excluding hydrogens is 281 g/mol. The van der Waals surface area contributed by atoms with E-state index in [1.54, 1.807) is 0 Å². The lowest BCUT2D eigenvalue weighted by Crippen LogP contribution is -2.13. The largest absolute Gasteiger partial charge is 0.505 e. The first-order valence-electron chi connectivity index (χ1n) is 4.57. The molecule has 0 aliphatic heterocycles. The lowest BCUT2D eigenvalue weighted by atomic mass is 10.0. The summed E-state index contributed by atoms with van der Waals surface area (Å²) in [6, 6.07) is 1.80. The Kier molecular flexibility index (Phi) is 4.26. The summed E-state index contributed by atoms with van der Waals surface area (Å²) in [6.45, 7) is 0. The standard InChI is InChI=1S/C10H11BrFNO3/c11-5-1-2-6(12)10(16)9(5)7(13)3-4-8(14)15/h1-2,7,16H,3-4,13H2,(H,14,15). The van der Waals surface area contributed by atoms with Crippen LogP contribution in [0.2, 0.25) is 0 Å². The number of carboxylic acid groups (broad SMARTS) is 1. The lowest BCUT2D eigenvalue weighted by molar-refractivity contribution is -0.137. The Bertz CT molecular complexity index is 411. The molecule has 0 aromatic heterocycles. The molecule has 16 heavy (non-hydrogen) atoms. The molecule has 6 heteroatoms. The topological polar surface area (TPSA) is 83.6 Å². The van der Waals surface area contributed by atoms with Gasteiger partial charge in [-0.25, -0.2) is 4.39 Å². The number of hydrogen-bond acceptors (Lipinski definition) is 3. The van der Waals surface area contributed by atoms with Gasteiger partial charge in [-0.15, -0.1) is 0 Å². The number of aromatic hydroxyl groups is 1. The van der Waals surface area contributed by atoms with Gasteiger partial charge in [0.15, 0.2) is 11.6 Å². The fourth-order valence-corrected chi connectivity index (χ4v) is 1.95. The average Bonchev–Trinajstić information content (AvgIpc) is 2.21. The van der Waals surface area contributed by atoms with Gasteiger partial charge in [-0.2, -0.15) is 0 Å². The Labute approximate surface area is 100 Å². The van der Waals surface area contributed by atoms with E-state index < -0.39 is 23.6 Å². The zero-order valence-corrected chi connectivity index (χ0v) is 9.87. The number of halogens is 2. The van der Waals surface area contributed by atoms with Crippen molar-refractivity contribution >= 4 is 21.9 Å². The highest BCUT2D eigenvalue weighted by molar-refractivity contribution is 9.10. The second kappa shape index (κ2) is 5.27. The molecule has 0 aliphatic carbocycles.